The smallest absolute Gasteiger partial charge is 0.122 e. The number of hydrogen-bond acceptors (Lipinski definition) is 4. The van der Waals surface area contributed by atoms with Gasteiger partial charge in [-0.15, -0.1) is 11.8 Å². The molecule has 0 radical (unpaired) electrons. The maximum absolute atomic E-state index is 5.23. The van der Waals surface area contributed by atoms with Crippen LogP contribution in [0.5, 0.6) is 5.75 Å². The molecule has 1 aromatic carbocycles. The molecule has 1 N–H and O–H groups in total. The molecule has 0 aromatic heterocycles. The van der Waals surface area contributed by atoms with Gasteiger partial charge in [0.05, 0.1) is 13.7 Å². The zero-order valence-corrected chi connectivity index (χ0v) is 12.8. The fourth-order valence-corrected chi connectivity index (χ4v) is 2.19. The Hall–Kier alpha value is -0.190. The molecule has 5 heteroatoms. The molecule has 2 nitrogen and oxygen atoms in total. The molecular weight excluding hydrogens is 353 g/mol. The molecule has 0 aliphatic carbocycles. The lowest BCUT2D eigenvalue weighted by atomic mass is 10.3. The number of anilines is 1. The molecule has 1 aromatic rings. The number of rotatable bonds is 4. The average molecular weight is 365 g/mol. The zero-order chi connectivity index (χ0) is 11.8. The summed E-state index contributed by atoms with van der Waals surface area (Å²) in [5, 5.41) is 6.18. The second-order valence-corrected chi connectivity index (χ2v) is 5.37. The molecule has 0 heterocycles. The minimum absolute atomic E-state index is 0.650. The van der Waals surface area contributed by atoms with Crippen molar-refractivity contribution in [1.82, 2.24) is 0 Å². The Bertz CT molecular complexity index is 378. The van der Waals surface area contributed by atoms with Crippen LogP contribution in [0.4, 0.5) is 5.69 Å². The van der Waals surface area contributed by atoms with Gasteiger partial charge in [0.2, 0.25) is 0 Å². The summed E-state index contributed by atoms with van der Waals surface area (Å²) in [6.45, 7) is 0.650. The monoisotopic (exact) mass is 365 g/mol. The molecular formula is C11H12INOS2. The quantitative estimate of drug-likeness (QED) is 0.497. The molecule has 0 spiro atoms. The van der Waals surface area contributed by atoms with Gasteiger partial charge in [-0.05, 0) is 32.6 Å². The fraction of sp³-hybridized carbons (Fsp3) is 0.273. The number of halogens is 1. The van der Waals surface area contributed by atoms with Crippen molar-refractivity contribution >= 4 is 47.6 Å². The molecule has 86 valence electrons. The molecule has 0 atom stereocenters. The van der Waals surface area contributed by atoms with Crippen LogP contribution < -0.4 is 10.1 Å². The van der Waals surface area contributed by atoms with E-state index < -0.39 is 0 Å². The second kappa shape index (κ2) is 7.98. The lowest BCUT2D eigenvalue weighted by Gasteiger charge is -2.08. The molecule has 0 saturated carbocycles. The van der Waals surface area contributed by atoms with Crippen molar-refractivity contribution in [1.29, 1.82) is 0 Å². The van der Waals surface area contributed by atoms with Crippen molar-refractivity contribution < 1.29 is 4.74 Å². The van der Waals surface area contributed by atoms with Gasteiger partial charge in [0.25, 0.3) is 0 Å². The first kappa shape index (κ1) is 13.9. The summed E-state index contributed by atoms with van der Waals surface area (Å²) in [5.41, 5.74) is 1.04. The number of benzene rings is 1. The normalized spacial score (nSPS) is 9.19. The standard InChI is InChI=1S/C11H12INOS2/c1-14-10-6-9(7-11(8-10)15-2)13-4-3-5-16-12/h6-8,13H,4H2,1-2H3. The highest BCUT2D eigenvalue weighted by Gasteiger charge is 1.99. The van der Waals surface area contributed by atoms with Gasteiger partial charge in [0.1, 0.15) is 5.75 Å². The van der Waals surface area contributed by atoms with Crippen LogP contribution in [0.1, 0.15) is 0 Å². The van der Waals surface area contributed by atoms with Crippen LogP contribution in [-0.2, 0) is 0 Å². The Morgan fingerprint density at radius 1 is 1.44 bits per heavy atom. The summed E-state index contributed by atoms with van der Waals surface area (Å²) >= 11 is 3.85. The molecule has 0 unspecified atom stereocenters. The van der Waals surface area contributed by atoms with Crippen molar-refractivity contribution in [2.75, 3.05) is 25.2 Å². The van der Waals surface area contributed by atoms with E-state index in [4.69, 9.17) is 4.74 Å². The highest BCUT2D eigenvalue weighted by atomic mass is 127. The topological polar surface area (TPSA) is 21.3 Å². The Morgan fingerprint density at radius 3 is 2.88 bits per heavy atom. The Balaban J connectivity index is 2.71. The lowest BCUT2D eigenvalue weighted by molar-refractivity contribution is 0.414. The van der Waals surface area contributed by atoms with Crippen LogP contribution in [0.3, 0.4) is 0 Å². The number of hydrogen-bond donors (Lipinski definition) is 1. The first-order chi connectivity index (χ1) is 7.80. The molecule has 0 bridgehead atoms. The minimum Gasteiger partial charge on any atom is -0.497 e. The van der Waals surface area contributed by atoms with Crippen molar-refractivity contribution in [2.45, 2.75) is 4.90 Å². The lowest BCUT2D eigenvalue weighted by Crippen LogP contribution is -1.99. The van der Waals surface area contributed by atoms with E-state index in [1.165, 1.54) is 13.8 Å². The van der Waals surface area contributed by atoms with E-state index in [-0.39, 0.29) is 0 Å². The molecule has 1 rings (SSSR count). The van der Waals surface area contributed by atoms with Gasteiger partial charge in [0.15, 0.2) is 0 Å². The average Bonchev–Trinajstić information content (AvgIpc) is 2.34. The molecule has 0 aliphatic heterocycles. The van der Waals surface area contributed by atoms with E-state index in [1.807, 2.05) is 18.4 Å². The summed E-state index contributed by atoms with van der Waals surface area (Å²) in [7, 11) is 3.17. The second-order valence-electron chi connectivity index (χ2n) is 2.81. The van der Waals surface area contributed by atoms with Crippen LogP contribution >= 0.6 is 41.9 Å². The number of thioether (sulfide) groups is 1. The van der Waals surface area contributed by atoms with Gasteiger partial charge >= 0.3 is 0 Å². The molecule has 0 fully saturated rings. The molecule has 0 amide bonds. The van der Waals surface area contributed by atoms with Gasteiger partial charge in [-0.1, -0.05) is 5.92 Å². The fourth-order valence-electron chi connectivity index (χ4n) is 1.12. The molecule has 16 heavy (non-hydrogen) atoms. The van der Waals surface area contributed by atoms with Crippen molar-refractivity contribution in [2.24, 2.45) is 0 Å². The van der Waals surface area contributed by atoms with E-state index in [9.17, 15) is 0 Å². The van der Waals surface area contributed by atoms with E-state index in [0.29, 0.717) is 6.54 Å². The van der Waals surface area contributed by atoms with Crippen molar-refractivity contribution in [3.05, 3.63) is 18.2 Å². The Morgan fingerprint density at radius 2 is 2.25 bits per heavy atom. The largest absolute Gasteiger partial charge is 0.497 e. The summed E-state index contributed by atoms with van der Waals surface area (Å²) in [6.07, 6.45) is 2.05. The zero-order valence-electron chi connectivity index (χ0n) is 9.04. The predicted molar refractivity (Wildman–Crippen MR) is 82.7 cm³/mol. The van der Waals surface area contributed by atoms with Crippen molar-refractivity contribution in [3.63, 3.8) is 0 Å². The van der Waals surface area contributed by atoms with Crippen LogP contribution in [0.2, 0.25) is 0 Å². The third-order valence-electron chi connectivity index (χ3n) is 1.84. The number of nitrogens with one attached hydrogen (secondary N) is 1. The van der Waals surface area contributed by atoms with E-state index in [0.717, 1.165) is 11.4 Å². The number of ether oxygens (including phenoxy) is 1. The maximum atomic E-state index is 5.23. The third-order valence-corrected chi connectivity index (χ3v) is 3.43. The third kappa shape index (κ3) is 4.76. The van der Waals surface area contributed by atoms with Crippen LogP contribution in [0, 0.1) is 11.2 Å². The summed E-state index contributed by atoms with van der Waals surface area (Å²) in [4.78, 5) is 1.18. The Kier molecular flexibility index (Phi) is 6.92. The minimum atomic E-state index is 0.650. The SMILES string of the molecule is COc1cc(NCC#CSI)cc(SC)c1. The van der Waals surface area contributed by atoms with Gasteiger partial charge in [-0.2, -0.15) is 0 Å². The van der Waals surface area contributed by atoms with Crippen molar-refractivity contribution in [3.8, 4) is 16.9 Å². The first-order valence-electron chi connectivity index (χ1n) is 4.52. The highest BCUT2D eigenvalue weighted by Crippen LogP contribution is 2.26. The van der Waals surface area contributed by atoms with Gasteiger partial charge in [0, 0.05) is 37.9 Å². The van der Waals surface area contributed by atoms with E-state index >= 15 is 0 Å². The van der Waals surface area contributed by atoms with E-state index in [1.54, 1.807) is 18.9 Å². The van der Waals surface area contributed by atoms with Crippen LogP contribution in [-0.4, -0.2) is 19.9 Å². The van der Waals surface area contributed by atoms with Gasteiger partial charge in [-0.25, -0.2) is 0 Å². The summed E-state index contributed by atoms with van der Waals surface area (Å²) < 4.78 is 5.23. The highest BCUT2D eigenvalue weighted by molar-refractivity contribution is 14.2. The van der Waals surface area contributed by atoms with Gasteiger partial charge in [-0.3, -0.25) is 0 Å². The molecule has 0 aliphatic rings. The van der Waals surface area contributed by atoms with Crippen LogP contribution in [0.15, 0.2) is 23.1 Å². The molecule has 0 saturated heterocycles. The van der Waals surface area contributed by atoms with E-state index in [2.05, 4.69) is 43.8 Å². The van der Waals surface area contributed by atoms with Crippen LogP contribution in [0.25, 0.3) is 0 Å². The summed E-state index contributed by atoms with van der Waals surface area (Å²) in [5.74, 6) is 3.87. The van der Waals surface area contributed by atoms with Gasteiger partial charge < -0.3 is 10.1 Å². The predicted octanol–water partition coefficient (Wildman–Crippen LogP) is 3.87. The Labute approximate surface area is 117 Å². The first-order valence-corrected chi connectivity index (χ1v) is 9.11. The summed E-state index contributed by atoms with van der Waals surface area (Å²) in [6, 6.07) is 6.08. The maximum Gasteiger partial charge on any atom is 0.122 e. The number of methoxy groups -OCH3 is 1.